The molecule has 1 aromatic rings. The lowest BCUT2D eigenvalue weighted by Crippen LogP contribution is -2.45. The highest BCUT2D eigenvalue weighted by Gasteiger charge is 2.60. The SMILES string of the molecule is Nc1ccc(C2=NOC(O)(C(F)(F)F)C2)cc1. The third kappa shape index (κ3) is 2.05. The van der Waals surface area contributed by atoms with E-state index in [4.69, 9.17) is 5.73 Å². The zero-order valence-electron chi connectivity index (χ0n) is 8.53. The molecule has 7 heteroatoms. The number of nitrogen functional groups attached to an aromatic ring is 1. The van der Waals surface area contributed by atoms with Gasteiger partial charge in [-0.05, 0) is 17.7 Å². The van der Waals surface area contributed by atoms with Crippen LogP contribution in [0.4, 0.5) is 18.9 Å². The second-order valence-electron chi connectivity index (χ2n) is 3.71. The fraction of sp³-hybridized carbons (Fsp3) is 0.300. The lowest BCUT2D eigenvalue weighted by Gasteiger charge is -2.22. The number of benzene rings is 1. The van der Waals surface area contributed by atoms with Gasteiger partial charge in [0.1, 0.15) is 0 Å². The molecule has 1 unspecified atom stereocenters. The number of alkyl halides is 3. The predicted octanol–water partition coefficient (Wildman–Crippen LogP) is 1.64. The minimum absolute atomic E-state index is 0.0322. The van der Waals surface area contributed by atoms with Crippen LogP contribution in [0, 0.1) is 0 Å². The maximum absolute atomic E-state index is 12.4. The molecule has 3 N–H and O–H groups in total. The summed E-state index contributed by atoms with van der Waals surface area (Å²) >= 11 is 0. The van der Waals surface area contributed by atoms with E-state index in [1.807, 2.05) is 0 Å². The summed E-state index contributed by atoms with van der Waals surface area (Å²) in [5, 5.41) is 12.5. The summed E-state index contributed by atoms with van der Waals surface area (Å²) in [5.41, 5.74) is 6.40. The summed E-state index contributed by atoms with van der Waals surface area (Å²) in [5.74, 6) is -3.23. The number of nitrogens with zero attached hydrogens (tertiary/aromatic N) is 1. The van der Waals surface area contributed by atoms with Gasteiger partial charge in [-0.1, -0.05) is 17.3 Å². The van der Waals surface area contributed by atoms with Crippen LogP contribution in [0.25, 0.3) is 0 Å². The highest BCUT2D eigenvalue weighted by atomic mass is 19.4. The fourth-order valence-electron chi connectivity index (χ4n) is 1.40. The summed E-state index contributed by atoms with van der Waals surface area (Å²) in [7, 11) is 0. The van der Waals surface area contributed by atoms with E-state index < -0.39 is 18.4 Å². The minimum atomic E-state index is -4.88. The Morgan fingerprint density at radius 3 is 2.35 bits per heavy atom. The Morgan fingerprint density at radius 2 is 1.88 bits per heavy atom. The molecule has 17 heavy (non-hydrogen) atoms. The molecule has 0 saturated heterocycles. The van der Waals surface area contributed by atoms with Crippen LogP contribution >= 0.6 is 0 Å². The maximum atomic E-state index is 12.4. The summed E-state index contributed by atoms with van der Waals surface area (Å²) in [6.45, 7) is 0. The molecule has 0 aliphatic carbocycles. The van der Waals surface area contributed by atoms with Crippen molar-refractivity contribution in [2.45, 2.75) is 18.4 Å². The molecule has 0 radical (unpaired) electrons. The van der Waals surface area contributed by atoms with E-state index in [2.05, 4.69) is 9.99 Å². The van der Waals surface area contributed by atoms with Crippen LogP contribution in [0.1, 0.15) is 12.0 Å². The van der Waals surface area contributed by atoms with Gasteiger partial charge in [-0.15, -0.1) is 0 Å². The Labute approximate surface area is 94.5 Å². The minimum Gasteiger partial charge on any atom is -0.399 e. The van der Waals surface area contributed by atoms with Gasteiger partial charge >= 0.3 is 12.0 Å². The van der Waals surface area contributed by atoms with Crippen molar-refractivity contribution < 1.29 is 23.1 Å². The molecule has 0 aromatic heterocycles. The maximum Gasteiger partial charge on any atom is 0.458 e. The number of anilines is 1. The summed E-state index contributed by atoms with van der Waals surface area (Å²) in [4.78, 5) is 4.09. The zero-order chi connectivity index (χ0) is 12.7. The molecule has 0 amide bonds. The second-order valence-corrected chi connectivity index (χ2v) is 3.71. The van der Waals surface area contributed by atoms with Crippen molar-refractivity contribution in [1.29, 1.82) is 0 Å². The van der Waals surface area contributed by atoms with Gasteiger partial charge in [0.2, 0.25) is 0 Å². The van der Waals surface area contributed by atoms with Crippen molar-refractivity contribution in [1.82, 2.24) is 0 Å². The van der Waals surface area contributed by atoms with Crippen LogP contribution < -0.4 is 5.73 Å². The largest absolute Gasteiger partial charge is 0.458 e. The van der Waals surface area contributed by atoms with E-state index in [1.165, 1.54) is 24.3 Å². The Morgan fingerprint density at radius 1 is 1.29 bits per heavy atom. The van der Waals surface area contributed by atoms with Gasteiger partial charge in [0.05, 0.1) is 12.1 Å². The van der Waals surface area contributed by atoms with Crippen LogP contribution in [-0.2, 0) is 4.84 Å². The van der Waals surface area contributed by atoms with E-state index in [0.717, 1.165) is 0 Å². The van der Waals surface area contributed by atoms with Crippen molar-refractivity contribution in [3.8, 4) is 0 Å². The third-order valence-corrected chi connectivity index (χ3v) is 2.40. The quantitative estimate of drug-likeness (QED) is 0.740. The molecule has 1 atom stereocenters. The van der Waals surface area contributed by atoms with Crippen LogP contribution in [0.5, 0.6) is 0 Å². The van der Waals surface area contributed by atoms with E-state index in [-0.39, 0.29) is 5.71 Å². The second kappa shape index (κ2) is 3.63. The number of halogens is 3. The fourth-order valence-corrected chi connectivity index (χ4v) is 1.40. The van der Waals surface area contributed by atoms with Gasteiger partial charge in [0.25, 0.3) is 0 Å². The normalized spacial score (nSPS) is 24.4. The van der Waals surface area contributed by atoms with Crippen molar-refractivity contribution in [2.75, 3.05) is 5.73 Å². The molecule has 4 nitrogen and oxygen atoms in total. The molecule has 1 heterocycles. The monoisotopic (exact) mass is 246 g/mol. The molecular formula is C10H9F3N2O2. The first-order valence-electron chi connectivity index (χ1n) is 4.72. The Hall–Kier alpha value is -1.76. The standard InChI is InChI=1S/C10H9F3N2O2/c11-10(12,13)9(16)5-8(15-17-9)6-1-3-7(14)4-2-6/h1-4,16H,5,14H2. The third-order valence-electron chi connectivity index (χ3n) is 2.40. The van der Waals surface area contributed by atoms with Gasteiger partial charge in [0, 0.05) is 5.69 Å². The average Bonchev–Trinajstić information content (AvgIpc) is 2.63. The number of rotatable bonds is 1. The van der Waals surface area contributed by atoms with Crippen LogP contribution in [0.2, 0.25) is 0 Å². The van der Waals surface area contributed by atoms with Crippen LogP contribution in [0.3, 0.4) is 0 Å². The topological polar surface area (TPSA) is 67.8 Å². The van der Waals surface area contributed by atoms with Crippen molar-refractivity contribution in [3.05, 3.63) is 29.8 Å². The molecule has 92 valence electrons. The smallest absolute Gasteiger partial charge is 0.399 e. The van der Waals surface area contributed by atoms with E-state index >= 15 is 0 Å². The number of aliphatic hydroxyl groups is 1. The van der Waals surface area contributed by atoms with Gasteiger partial charge in [-0.2, -0.15) is 13.2 Å². The molecule has 0 fully saturated rings. The first-order valence-corrected chi connectivity index (χ1v) is 4.72. The number of hydrogen-bond donors (Lipinski definition) is 2. The summed E-state index contributed by atoms with van der Waals surface area (Å²) in [6, 6.07) is 6.09. The van der Waals surface area contributed by atoms with E-state index in [1.54, 1.807) is 0 Å². The molecule has 1 aliphatic heterocycles. The highest BCUT2D eigenvalue weighted by Crippen LogP contribution is 2.38. The van der Waals surface area contributed by atoms with Crippen molar-refractivity contribution in [2.24, 2.45) is 5.16 Å². The van der Waals surface area contributed by atoms with E-state index in [9.17, 15) is 18.3 Å². The zero-order valence-corrected chi connectivity index (χ0v) is 8.53. The number of nitrogens with two attached hydrogens (primary N) is 1. The lowest BCUT2D eigenvalue weighted by molar-refractivity contribution is -0.355. The Bertz CT molecular complexity index is 456. The lowest BCUT2D eigenvalue weighted by atomic mass is 10.0. The Kier molecular flexibility index (Phi) is 2.50. The number of oxime groups is 1. The Balaban J connectivity index is 2.20. The molecular weight excluding hydrogens is 237 g/mol. The van der Waals surface area contributed by atoms with Gasteiger partial charge in [-0.3, -0.25) is 0 Å². The van der Waals surface area contributed by atoms with Crippen LogP contribution in [0.15, 0.2) is 29.4 Å². The summed E-state index contributed by atoms with van der Waals surface area (Å²) in [6.07, 6.45) is -5.62. The molecule has 2 rings (SSSR count). The van der Waals surface area contributed by atoms with Gasteiger partial charge in [0.15, 0.2) is 0 Å². The van der Waals surface area contributed by atoms with Crippen molar-refractivity contribution in [3.63, 3.8) is 0 Å². The van der Waals surface area contributed by atoms with Gasteiger partial charge < -0.3 is 15.7 Å². The molecule has 0 spiro atoms. The molecule has 0 bridgehead atoms. The predicted molar refractivity (Wildman–Crippen MR) is 54.1 cm³/mol. The molecule has 0 saturated carbocycles. The van der Waals surface area contributed by atoms with E-state index in [0.29, 0.717) is 11.3 Å². The summed E-state index contributed by atoms with van der Waals surface area (Å²) < 4.78 is 37.3. The first-order chi connectivity index (χ1) is 7.82. The number of hydrogen-bond acceptors (Lipinski definition) is 4. The van der Waals surface area contributed by atoms with Crippen LogP contribution in [-0.4, -0.2) is 22.8 Å². The van der Waals surface area contributed by atoms with Gasteiger partial charge in [-0.25, -0.2) is 0 Å². The van der Waals surface area contributed by atoms with Crippen molar-refractivity contribution >= 4 is 11.4 Å². The average molecular weight is 246 g/mol. The molecule has 1 aromatic carbocycles. The molecule has 1 aliphatic rings. The first kappa shape index (κ1) is 11.7. The highest BCUT2D eigenvalue weighted by molar-refractivity contribution is 6.01.